The Morgan fingerprint density at radius 2 is 1.94 bits per heavy atom. The van der Waals surface area contributed by atoms with E-state index in [2.05, 4.69) is 25.6 Å². The van der Waals surface area contributed by atoms with Gasteiger partial charge in [0.2, 0.25) is 5.95 Å². The number of hydrogen-bond acceptors (Lipinski definition) is 6. The van der Waals surface area contributed by atoms with Crippen molar-refractivity contribution >= 4 is 40.3 Å². The first-order valence-corrected chi connectivity index (χ1v) is 12.4. The van der Waals surface area contributed by atoms with Crippen LogP contribution in [0.25, 0.3) is 11.2 Å². The van der Waals surface area contributed by atoms with Crippen molar-refractivity contribution in [2.24, 2.45) is 5.92 Å². The number of benzene rings is 2. The Bertz CT molecular complexity index is 1370. The Morgan fingerprint density at radius 3 is 2.67 bits per heavy atom. The van der Waals surface area contributed by atoms with Crippen LogP contribution in [0.3, 0.4) is 0 Å². The Kier molecular flexibility index (Phi) is 7.34. The van der Waals surface area contributed by atoms with Crippen molar-refractivity contribution in [3.8, 4) is 0 Å². The number of rotatable bonds is 7. The van der Waals surface area contributed by atoms with E-state index in [0.29, 0.717) is 56.6 Å². The van der Waals surface area contributed by atoms with Crippen molar-refractivity contribution in [2.45, 2.75) is 32.0 Å². The van der Waals surface area contributed by atoms with Gasteiger partial charge >= 0.3 is 0 Å². The molecule has 1 aliphatic heterocycles. The molecular formula is C25H24Cl2F2N6O. The van der Waals surface area contributed by atoms with Crippen molar-refractivity contribution in [1.82, 2.24) is 24.8 Å². The monoisotopic (exact) mass is 532 g/mol. The van der Waals surface area contributed by atoms with E-state index in [-0.39, 0.29) is 6.54 Å². The summed E-state index contributed by atoms with van der Waals surface area (Å²) in [4.78, 5) is 13.6. The number of piperidine rings is 1. The molecule has 0 amide bonds. The van der Waals surface area contributed by atoms with Crippen LogP contribution in [0.2, 0.25) is 10.0 Å². The summed E-state index contributed by atoms with van der Waals surface area (Å²) in [5.41, 5.74) is 1.97. The van der Waals surface area contributed by atoms with Gasteiger partial charge in [-0.25, -0.2) is 18.7 Å². The van der Waals surface area contributed by atoms with Gasteiger partial charge in [-0.3, -0.25) is 0 Å². The lowest BCUT2D eigenvalue weighted by Gasteiger charge is -2.25. The molecule has 188 valence electrons. The molecule has 0 saturated carbocycles. The minimum atomic E-state index is -1.17. The van der Waals surface area contributed by atoms with Crippen molar-refractivity contribution in [3.63, 3.8) is 0 Å². The fraction of sp³-hybridized carbons (Fsp3) is 0.320. The Morgan fingerprint density at radius 1 is 1.14 bits per heavy atom. The molecule has 1 unspecified atom stereocenters. The van der Waals surface area contributed by atoms with Crippen molar-refractivity contribution in [2.75, 3.05) is 18.4 Å². The number of aliphatic hydroxyl groups is 1. The predicted octanol–water partition coefficient (Wildman–Crippen LogP) is 5.10. The largest absolute Gasteiger partial charge is 0.380 e. The second-order valence-corrected chi connectivity index (χ2v) is 9.65. The van der Waals surface area contributed by atoms with Gasteiger partial charge in [-0.2, -0.15) is 4.98 Å². The highest BCUT2D eigenvalue weighted by molar-refractivity contribution is 6.36. The van der Waals surface area contributed by atoms with E-state index in [0.717, 1.165) is 38.1 Å². The number of halogens is 4. The minimum absolute atomic E-state index is 0.202. The van der Waals surface area contributed by atoms with E-state index in [9.17, 15) is 13.9 Å². The van der Waals surface area contributed by atoms with E-state index in [1.807, 2.05) is 4.57 Å². The number of anilines is 1. The van der Waals surface area contributed by atoms with Crippen molar-refractivity contribution in [3.05, 3.63) is 81.2 Å². The maximum atomic E-state index is 13.6. The Balaban J connectivity index is 1.51. The van der Waals surface area contributed by atoms with Gasteiger partial charge in [0, 0.05) is 28.7 Å². The average Bonchev–Trinajstić information content (AvgIpc) is 3.23. The molecule has 0 spiro atoms. The highest BCUT2D eigenvalue weighted by Crippen LogP contribution is 2.35. The van der Waals surface area contributed by atoms with Crippen LogP contribution >= 0.6 is 23.2 Å². The standard InChI is InChI=1S/C25H24Cl2F2N6O/c26-16-4-1-5-17(27)21(16)22(36)24-33-20-12-32-25(31-11-14-6-7-18(28)19(29)9-14)34-23(20)35(24)13-15-3-2-8-30-10-15/h1,4-7,9,12,15,22,30,36H,2-3,8,10-11,13H2,(H,31,32,34)/t15-,22?/m1/s1. The summed E-state index contributed by atoms with van der Waals surface area (Å²) in [7, 11) is 0. The molecular weight excluding hydrogens is 509 g/mol. The van der Waals surface area contributed by atoms with Crippen LogP contribution in [0, 0.1) is 17.6 Å². The molecule has 1 fully saturated rings. The van der Waals surface area contributed by atoms with E-state index < -0.39 is 17.7 Å². The molecule has 3 heterocycles. The van der Waals surface area contributed by atoms with Gasteiger partial charge in [-0.1, -0.05) is 35.3 Å². The summed E-state index contributed by atoms with van der Waals surface area (Å²) < 4.78 is 28.7. The number of hydrogen-bond donors (Lipinski definition) is 3. The molecule has 36 heavy (non-hydrogen) atoms. The molecule has 11 heteroatoms. The quantitative estimate of drug-likeness (QED) is 0.306. The number of aromatic nitrogens is 4. The Hall–Kier alpha value is -2.85. The van der Waals surface area contributed by atoms with Gasteiger partial charge in [0.25, 0.3) is 0 Å². The third kappa shape index (κ3) is 5.15. The van der Waals surface area contributed by atoms with Crippen LogP contribution in [0.5, 0.6) is 0 Å². The van der Waals surface area contributed by atoms with Gasteiger partial charge in [-0.15, -0.1) is 0 Å². The van der Waals surface area contributed by atoms with E-state index in [1.165, 1.54) is 6.07 Å². The molecule has 0 bridgehead atoms. The van der Waals surface area contributed by atoms with Crippen LogP contribution in [-0.2, 0) is 13.1 Å². The van der Waals surface area contributed by atoms with Gasteiger partial charge in [0.05, 0.1) is 6.20 Å². The smallest absolute Gasteiger partial charge is 0.225 e. The molecule has 4 aromatic rings. The van der Waals surface area contributed by atoms with Gasteiger partial charge in [-0.05, 0) is 61.7 Å². The first-order chi connectivity index (χ1) is 17.4. The number of nitrogens with one attached hydrogen (secondary N) is 2. The molecule has 3 N–H and O–H groups in total. The molecule has 2 atom stereocenters. The second kappa shape index (κ2) is 10.6. The molecule has 2 aromatic carbocycles. The third-order valence-corrected chi connectivity index (χ3v) is 6.97. The van der Waals surface area contributed by atoms with Crippen LogP contribution in [-0.4, -0.2) is 37.7 Å². The summed E-state index contributed by atoms with van der Waals surface area (Å²) in [5.74, 6) is -0.828. The zero-order valence-electron chi connectivity index (χ0n) is 19.2. The lowest BCUT2D eigenvalue weighted by atomic mass is 9.99. The summed E-state index contributed by atoms with van der Waals surface area (Å²) in [6, 6.07) is 8.76. The SMILES string of the molecule is OC(c1c(Cl)cccc1Cl)c1nc2cnc(NCc3ccc(F)c(F)c3)nc2n1C[C@@H]1CCCNC1. The molecule has 0 radical (unpaired) electrons. The summed E-state index contributed by atoms with van der Waals surface area (Å²) in [6.45, 7) is 2.60. The molecule has 5 rings (SSSR count). The highest BCUT2D eigenvalue weighted by Gasteiger charge is 2.27. The average molecular weight is 533 g/mol. The number of nitrogens with zero attached hydrogens (tertiary/aromatic N) is 4. The number of aliphatic hydroxyl groups excluding tert-OH is 1. The molecule has 0 aliphatic carbocycles. The third-order valence-electron chi connectivity index (χ3n) is 6.31. The summed E-state index contributed by atoms with van der Waals surface area (Å²) >= 11 is 12.8. The van der Waals surface area contributed by atoms with Crippen molar-refractivity contribution in [1.29, 1.82) is 0 Å². The number of imidazole rings is 1. The minimum Gasteiger partial charge on any atom is -0.380 e. The highest BCUT2D eigenvalue weighted by atomic mass is 35.5. The lowest BCUT2D eigenvalue weighted by molar-refractivity contribution is 0.201. The van der Waals surface area contributed by atoms with Crippen molar-refractivity contribution < 1.29 is 13.9 Å². The van der Waals surface area contributed by atoms with Gasteiger partial charge < -0.3 is 20.3 Å². The maximum absolute atomic E-state index is 13.6. The van der Waals surface area contributed by atoms with Crippen LogP contribution in [0.15, 0.2) is 42.6 Å². The maximum Gasteiger partial charge on any atom is 0.225 e. The second-order valence-electron chi connectivity index (χ2n) is 8.84. The zero-order chi connectivity index (χ0) is 25.2. The van der Waals surface area contributed by atoms with Crippen LogP contribution in [0.1, 0.15) is 35.9 Å². The molecule has 1 saturated heterocycles. The molecule has 2 aromatic heterocycles. The summed E-state index contributed by atoms with van der Waals surface area (Å²) in [5, 5.41) is 18.5. The number of fused-ring (bicyclic) bond motifs is 1. The van der Waals surface area contributed by atoms with Crippen LogP contribution < -0.4 is 10.6 Å². The Labute approximate surface area is 216 Å². The van der Waals surface area contributed by atoms with E-state index in [4.69, 9.17) is 23.2 Å². The fourth-order valence-electron chi connectivity index (χ4n) is 4.48. The summed E-state index contributed by atoms with van der Waals surface area (Å²) in [6.07, 6.45) is 2.48. The molecule has 1 aliphatic rings. The molecule has 7 nitrogen and oxygen atoms in total. The van der Waals surface area contributed by atoms with E-state index >= 15 is 0 Å². The van der Waals surface area contributed by atoms with Gasteiger partial charge in [0.1, 0.15) is 17.4 Å². The normalized spacial score (nSPS) is 16.9. The lowest BCUT2D eigenvalue weighted by Crippen LogP contribution is -2.32. The zero-order valence-corrected chi connectivity index (χ0v) is 20.7. The van der Waals surface area contributed by atoms with E-state index in [1.54, 1.807) is 24.4 Å². The first-order valence-electron chi connectivity index (χ1n) is 11.6. The first kappa shape index (κ1) is 24.8. The predicted molar refractivity (Wildman–Crippen MR) is 135 cm³/mol. The fourth-order valence-corrected chi connectivity index (χ4v) is 5.08. The van der Waals surface area contributed by atoms with Gasteiger partial charge in [0.15, 0.2) is 17.3 Å². The topological polar surface area (TPSA) is 87.9 Å². The van der Waals surface area contributed by atoms with Crippen LogP contribution in [0.4, 0.5) is 14.7 Å².